The number of ether oxygens (including phenoxy) is 4. The van der Waals surface area contributed by atoms with E-state index in [1.165, 1.54) is 12.8 Å². The fourth-order valence-corrected chi connectivity index (χ4v) is 4.63. The lowest BCUT2D eigenvalue weighted by molar-refractivity contribution is -0.182. The minimum atomic E-state index is -1.02. The molecule has 1 aromatic carbocycles. The average Bonchev–Trinajstić information content (AvgIpc) is 3.46. The molecule has 0 aromatic heterocycles. The number of fused-ring (bicyclic) bond motifs is 1. The van der Waals surface area contributed by atoms with Crippen LogP contribution in [-0.4, -0.2) is 48.3 Å². The quantitative estimate of drug-likeness (QED) is 0.677. The monoisotopic (exact) mass is 431 g/mol. The summed E-state index contributed by atoms with van der Waals surface area (Å²) in [5.41, 5.74) is 1.21. The first kappa shape index (κ1) is 22.7. The molecule has 2 aliphatic carbocycles. The first-order valence-corrected chi connectivity index (χ1v) is 11.6. The van der Waals surface area contributed by atoms with Crippen molar-refractivity contribution in [2.24, 2.45) is 5.92 Å². The van der Waals surface area contributed by atoms with E-state index in [0.717, 1.165) is 11.1 Å². The Morgan fingerprint density at radius 2 is 1.94 bits per heavy atom. The second-order valence-corrected chi connectivity index (χ2v) is 10.2. The Morgan fingerprint density at radius 1 is 1.19 bits per heavy atom. The molecule has 0 unspecified atom stereocenters. The van der Waals surface area contributed by atoms with Gasteiger partial charge in [-0.25, -0.2) is 0 Å². The topological polar surface area (TPSA) is 66.0 Å². The summed E-state index contributed by atoms with van der Waals surface area (Å²) in [6.07, 6.45) is 2.67. The van der Waals surface area contributed by atoms with Gasteiger partial charge in [0.05, 0.1) is 18.8 Å². The van der Waals surface area contributed by atoms with Crippen molar-refractivity contribution in [2.75, 3.05) is 6.61 Å². The molecule has 3 aliphatic rings. The molecule has 1 saturated heterocycles. The third kappa shape index (κ3) is 5.30. The van der Waals surface area contributed by atoms with Crippen LogP contribution >= 0.6 is 0 Å². The largest absolute Gasteiger partial charge is 0.375 e. The van der Waals surface area contributed by atoms with Gasteiger partial charge in [0.15, 0.2) is 11.4 Å². The van der Waals surface area contributed by atoms with Crippen molar-refractivity contribution in [3.05, 3.63) is 35.4 Å². The Labute approximate surface area is 186 Å². The molecular weight excluding hydrogens is 394 g/mol. The number of nitrogens with one attached hydrogen (secondary N) is 1. The van der Waals surface area contributed by atoms with Gasteiger partial charge in [-0.15, -0.1) is 0 Å². The Morgan fingerprint density at radius 3 is 2.61 bits per heavy atom. The molecule has 4 atom stereocenters. The predicted molar refractivity (Wildman–Crippen MR) is 118 cm³/mol. The van der Waals surface area contributed by atoms with E-state index in [9.17, 15) is 4.79 Å². The van der Waals surface area contributed by atoms with Crippen LogP contribution in [0.3, 0.4) is 0 Å². The SMILES string of the molecule is Cc1ccccc1CO[C@]1(C(=O)NC(C)C)C[C@H](OCC2CC2)[C@@H]2OC(C)(C)O[C@@H]2C1. The van der Waals surface area contributed by atoms with E-state index in [1.54, 1.807) is 0 Å². The van der Waals surface area contributed by atoms with E-state index in [4.69, 9.17) is 18.9 Å². The van der Waals surface area contributed by atoms with Gasteiger partial charge in [0, 0.05) is 25.5 Å². The summed E-state index contributed by atoms with van der Waals surface area (Å²) < 4.78 is 25.3. The minimum Gasteiger partial charge on any atom is -0.375 e. The summed E-state index contributed by atoms with van der Waals surface area (Å²) in [6.45, 7) is 10.9. The number of aryl methyl sites for hydroxylation is 1. The lowest BCUT2D eigenvalue weighted by atomic mass is 9.78. The lowest BCUT2D eigenvalue weighted by Gasteiger charge is -2.44. The van der Waals surface area contributed by atoms with Gasteiger partial charge in [0.1, 0.15) is 6.10 Å². The summed E-state index contributed by atoms with van der Waals surface area (Å²) in [5, 5.41) is 3.09. The molecule has 1 aliphatic heterocycles. The molecular formula is C25H37NO5. The molecule has 2 saturated carbocycles. The smallest absolute Gasteiger partial charge is 0.252 e. The van der Waals surface area contributed by atoms with Crippen molar-refractivity contribution in [1.82, 2.24) is 5.32 Å². The molecule has 1 heterocycles. The van der Waals surface area contributed by atoms with Crippen LogP contribution in [0.1, 0.15) is 64.5 Å². The van der Waals surface area contributed by atoms with Crippen LogP contribution in [0.15, 0.2) is 24.3 Å². The Balaban J connectivity index is 1.59. The summed E-state index contributed by atoms with van der Waals surface area (Å²) >= 11 is 0. The molecule has 1 amide bonds. The summed E-state index contributed by atoms with van der Waals surface area (Å²) in [7, 11) is 0. The molecule has 3 fully saturated rings. The van der Waals surface area contributed by atoms with Gasteiger partial charge in [0.2, 0.25) is 0 Å². The maximum atomic E-state index is 13.5. The highest BCUT2D eigenvalue weighted by molar-refractivity contribution is 5.85. The molecule has 0 spiro atoms. The first-order valence-electron chi connectivity index (χ1n) is 11.6. The van der Waals surface area contributed by atoms with Crippen LogP contribution in [0, 0.1) is 12.8 Å². The van der Waals surface area contributed by atoms with Crippen LogP contribution in [0.4, 0.5) is 0 Å². The van der Waals surface area contributed by atoms with Gasteiger partial charge in [-0.1, -0.05) is 24.3 Å². The molecule has 172 valence electrons. The van der Waals surface area contributed by atoms with Crippen molar-refractivity contribution in [2.45, 2.75) is 103 Å². The van der Waals surface area contributed by atoms with E-state index < -0.39 is 11.4 Å². The summed E-state index contributed by atoms with van der Waals surface area (Å²) in [5.74, 6) is -0.165. The Kier molecular flexibility index (Phi) is 6.46. The van der Waals surface area contributed by atoms with E-state index in [-0.39, 0.29) is 30.3 Å². The Hall–Kier alpha value is -1.47. The second kappa shape index (κ2) is 8.81. The van der Waals surface area contributed by atoms with Crippen molar-refractivity contribution in [1.29, 1.82) is 0 Å². The number of hydrogen-bond donors (Lipinski definition) is 1. The van der Waals surface area contributed by atoms with E-state index in [0.29, 0.717) is 32.0 Å². The van der Waals surface area contributed by atoms with Crippen molar-refractivity contribution in [3.63, 3.8) is 0 Å². The zero-order chi connectivity index (χ0) is 22.2. The minimum absolute atomic E-state index is 0.0205. The number of carbonyl (C=O) groups excluding carboxylic acids is 1. The van der Waals surface area contributed by atoms with Gasteiger partial charge in [0.25, 0.3) is 5.91 Å². The van der Waals surface area contributed by atoms with E-state index in [1.807, 2.05) is 45.9 Å². The van der Waals surface area contributed by atoms with Gasteiger partial charge in [-0.3, -0.25) is 4.79 Å². The molecule has 1 aromatic rings. The number of amides is 1. The molecule has 1 N–H and O–H groups in total. The maximum Gasteiger partial charge on any atom is 0.252 e. The third-order valence-corrected chi connectivity index (χ3v) is 6.49. The molecule has 6 nitrogen and oxygen atoms in total. The van der Waals surface area contributed by atoms with E-state index in [2.05, 4.69) is 18.3 Å². The molecule has 0 radical (unpaired) electrons. The first-order chi connectivity index (χ1) is 14.7. The highest BCUT2D eigenvalue weighted by Gasteiger charge is 2.58. The van der Waals surface area contributed by atoms with Gasteiger partial charge >= 0.3 is 0 Å². The summed E-state index contributed by atoms with van der Waals surface area (Å²) in [4.78, 5) is 13.5. The highest BCUT2D eigenvalue weighted by Crippen LogP contribution is 2.44. The van der Waals surface area contributed by atoms with Crippen molar-refractivity contribution < 1.29 is 23.7 Å². The molecule has 0 bridgehead atoms. The fourth-order valence-electron chi connectivity index (χ4n) is 4.63. The lowest BCUT2D eigenvalue weighted by Crippen LogP contribution is -2.60. The Bertz CT molecular complexity index is 790. The highest BCUT2D eigenvalue weighted by atomic mass is 16.8. The van der Waals surface area contributed by atoms with Crippen LogP contribution < -0.4 is 5.32 Å². The van der Waals surface area contributed by atoms with Crippen LogP contribution in [0.5, 0.6) is 0 Å². The van der Waals surface area contributed by atoms with Crippen LogP contribution in [0.25, 0.3) is 0 Å². The van der Waals surface area contributed by atoms with Crippen LogP contribution in [-0.2, 0) is 30.3 Å². The zero-order valence-electron chi connectivity index (χ0n) is 19.5. The molecule has 31 heavy (non-hydrogen) atoms. The van der Waals surface area contributed by atoms with Crippen LogP contribution in [0.2, 0.25) is 0 Å². The predicted octanol–water partition coefficient (Wildman–Crippen LogP) is 3.88. The third-order valence-electron chi connectivity index (χ3n) is 6.49. The van der Waals surface area contributed by atoms with Crippen molar-refractivity contribution >= 4 is 5.91 Å². The number of benzene rings is 1. The van der Waals surface area contributed by atoms with E-state index >= 15 is 0 Å². The van der Waals surface area contributed by atoms with Gasteiger partial charge < -0.3 is 24.3 Å². The standard InChI is InChI=1S/C25H37NO5/c1-16(2)26-23(27)25(29-15-19-9-7-6-8-17(19)3)12-20(28-14-18-10-11-18)22-21(13-25)30-24(4,5)31-22/h6-9,16,18,20-22H,10-15H2,1-5H3,(H,26,27)/t20-,21+,22-,25+/m0/s1. The van der Waals surface area contributed by atoms with Gasteiger partial charge in [-0.2, -0.15) is 0 Å². The fraction of sp³-hybridized carbons (Fsp3) is 0.720. The van der Waals surface area contributed by atoms with Gasteiger partial charge in [-0.05, 0) is 64.5 Å². The number of rotatable bonds is 8. The number of carbonyl (C=O) groups is 1. The maximum absolute atomic E-state index is 13.5. The number of hydrogen-bond acceptors (Lipinski definition) is 5. The average molecular weight is 432 g/mol. The normalized spacial score (nSPS) is 32.1. The molecule has 6 heteroatoms. The second-order valence-electron chi connectivity index (χ2n) is 10.2. The van der Waals surface area contributed by atoms with Crippen molar-refractivity contribution in [3.8, 4) is 0 Å². The summed E-state index contributed by atoms with van der Waals surface area (Å²) in [6, 6.07) is 8.15. The molecule has 4 rings (SSSR count). The zero-order valence-corrected chi connectivity index (χ0v) is 19.5.